The SMILES string of the molecule is CCCOc1ncc(Nc2nc(N[C@@H]3CCCC[C@@H]3N)c(F)cc2C(N)=O)cc1N1CCOCC1. The second-order valence-corrected chi connectivity index (χ2v) is 8.90. The van der Waals surface area contributed by atoms with Crippen LogP contribution in [0, 0.1) is 5.82 Å². The number of halogens is 1. The first-order valence-electron chi connectivity index (χ1n) is 12.2. The van der Waals surface area contributed by atoms with Gasteiger partial charge in [-0.15, -0.1) is 0 Å². The monoisotopic (exact) mass is 487 g/mol. The highest BCUT2D eigenvalue weighted by atomic mass is 19.1. The van der Waals surface area contributed by atoms with Gasteiger partial charge in [0.05, 0.1) is 37.3 Å². The summed E-state index contributed by atoms with van der Waals surface area (Å²) in [7, 11) is 0. The molecule has 190 valence electrons. The minimum Gasteiger partial charge on any atom is -0.476 e. The van der Waals surface area contributed by atoms with Gasteiger partial charge in [0.1, 0.15) is 11.5 Å². The average molecular weight is 488 g/mol. The number of hydrogen-bond donors (Lipinski definition) is 4. The second kappa shape index (κ2) is 11.5. The number of hydrogen-bond acceptors (Lipinski definition) is 9. The van der Waals surface area contributed by atoms with Crippen LogP contribution < -0.4 is 31.7 Å². The third-order valence-corrected chi connectivity index (χ3v) is 6.27. The zero-order valence-electron chi connectivity index (χ0n) is 20.1. The topological polar surface area (TPSA) is 141 Å². The Morgan fingerprint density at radius 2 is 2.03 bits per heavy atom. The van der Waals surface area contributed by atoms with E-state index in [4.69, 9.17) is 20.9 Å². The predicted molar refractivity (Wildman–Crippen MR) is 133 cm³/mol. The van der Waals surface area contributed by atoms with Crippen molar-refractivity contribution >= 4 is 28.9 Å². The number of morpholine rings is 1. The van der Waals surface area contributed by atoms with Crippen molar-refractivity contribution in [3.05, 3.63) is 29.7 Å². The molecule has 1 saturated heterocycles. The van der Waals surface area contributed by atoms with Gasteiger partial charge in [-0.2, -0.15) is 0 Å². The third-order valence-electron chi connectivity index (χ3n) is 6.27. The van der Waals surface area contributed by atoms with Crippen molar-refractivity contribution in [2.75, 3.05) is 48.4 Å². The van der Waals surface area contributed by atoms with E-state index in [9.17, 15) is 9.18 Å². The Kier molecular flexibility index (Phi) is 8.19. The van der Waals surface area contributed by atoms with E-state index in [2.05, 4.69) is 25.5 Å². The van der Waals surface area contributed by atoms with Crippen LogP contribution in [0.1, 0.15) is 49.4 Å². The van der Waals surface area contributed by atoms with E-state index in [-0.39, 0.29) is 29.3 Å². The fraction of sp³-hybridized carbons (Fsp3) is 0.542. The van der Waals surface area contributed by atoms with Crippen LogP contribution in [0.25, 0.3) is 0 Å². The number of carbonyl (C=O) groups excluding carboxylic acids is 1. The third kappa shape index (κ3) is 6.09. The summed E-state index contributed by atoms with van der Waals surface area (Å²) in [6.07, 6.45) is 6.21. The van der Waals surface area contributed by atoms with Crippen molar-refractivity contribution in [1.29, 1.82) is 0 Å². The number of anilines is 4. The van der Waals surface area contributed by atoms with Gasteiger partial charge in [0.15, 0.2) is 11.6 Å². The summed E-state index contributed by atoms with van der Waals surface area (Å²) in [5, 5.41) is 6.23. The largest absolute Gasteiger partial charge is 0.476 e. The summed E-state index contributed by atoms with van der Waals surface area (Å²) in [5.41, 5.74) is 13.1. The summed E-state index contributed by atoms with van der Waals surface area (Å²) >= 11 is 0. The summed E-state index contributed by atoms with van der Waals surface area (Å²) in [6, 6.07) is 2.79. The van der Waals surface area contributed by atoms with Crippen LogP contribution in [0.4, 0.5) is 27.4 Å². The highest BCUT2D eigenvalue weighted by Crippen LogP contribution is 2.32. The van der Waals surface area contributed by atoms with E-state index >= 15 is 0 Å². The van der Waals surface area contributed by atoms with E-state index in [1.54, 1.807) is 6.20 Å². The normalized spacial score (nSPS) is 20.4. The number of aromatic nitrogens is 2. The molecule has 11 heteroatoms. The van der Waals surface area contributed by atoms with Crippen LogP contribution >= 0.6 is 0 Å². The van der Waals surface area contributed by atoms with Gasteiger partial charge in [-0.1, -0.05) is 19.8 Å². The van der Waals surface area contributed by atoms with Crippen molar-refractivity contribution in [2.45, 2.75) is 51.1 Å². The van der Waals surface area contributed by atoms with Gasteiger partial charge in [-0.25, -0.2) is 14.4 Å². The molecule has 10 nitrogen and oxygen atoms in total. The lowest BCUT2D eigenvalue weighted by atomic mass is 9.91. The number of nitrogens with one attached hydrogen (secondary N) is 2. The van der Waals surface area contributed by atoms with Gasteiger partial charge in [0, 0.05) is 25.2 Å². The van der Waals surface area contributed by atoms with Crippen LogP contribution in [-0.4, -0.2) is 60.9 Å². The molecule has 0 bridgehead atoms. The molecule has 35 heavy (non-hydrogen) atoms. The second-order valence-electron chi connectivity index (χ2n) is 8.90. The number of ether oxygens (including phenoxy) is 2. The summed E-state index contributed by atoms with van der Waals surface area (Å²) in [6.45, 7) is 5.18. The van der Waals surface area contributed by atoms with Crippen LogP contribution in [0.3, 0.4) is 0 Å². The molecule has 0 unspecified atom stereocenters. The molecule has 6 N–H and O–H groups in total. The van der Waals surface area contributed by atoms with Crippen LogP contribution in [0.15, 0.2) is 18.3 Å². The number of pyridine rings is 2. The Morgan fingerprint density at radius 3 is 2.74 bits per heavy atom. The molecule has 3 heterocycles. The maximum atomic E-state index is 14.8. The molecule has 1 aliphatic heterocycles. The first-order valence-corrected chi connectivity index (χ1v) is 12.2. The smallest absolute Gasteiger partial charge is 0.252 e. The zero-order chi connectivity index (χ0) is 24.8. The van der Waals surface area contributed by atoms with Gasteiger partial charge < -0.3 is 36.5 Å². The molecular weight excluding hydrogens is 453 g/mol. The maximum Gasteiger partial charge on any atom is 0.252 e. The molecule has 1 amide bonds. The Balaban J connectivity index is 1.64. The van der Waals surface area contributed by atoms with E-state index < -0.39 is 11.7 Å². The number of amides is 1. The van der Waals surface area contributed by atoms with Crippen LogP contribution in [0.5, 0.6) is 5.88 Å². The van der Waals surface area contributed by atoms with Crippen molar-refractivity contribution in [3.8, 4) is 5.88 Å². The van der Waals surface area contributed by atoms with E-state index in [1.165, 1.54) is 0 Å². The standard InChI is InChI=1S/C24H34FN7O3/c1-2-9-35-24-20(32-7-10-34-11-8-32)12-15(14-28-24)29-22-16(21(27)33)13-17(25)23(31-22)30-19-6-4-3-5-18(19)26/h12-14,18-19H,2-11,26H2,1H3,(H2,27,33)(H2,29,30,31)/t18-,19+/m0/s1. The number of nitrogens with two attached hydrogens (primary N) is 2. The van der Waals surface area contributed by atoms with E-state index in [0.29, 0.717) is 44.5 Å². The van der Waals surface area contributed by atoms with Gasteiger partial charge in [-0.3, -0.25) is 4.79 Å². The minimum absolute atomic E-state index is 0.0316. The van der Waals surface area contributed by atoms with E-state index in [0.717, 1.165) is 43.9 Å². The molecule has 4 rings (SSSR count). The molecule has 1 aliphatic carbocycles. The molecule has 0 radical (unpaired) electrons. The quantitative estimate of drug-likeness (QED) is 0.420. The summed E-state index contributed by atoms with van der Waals surface area (Å²) < 4.78 is 26.2. The fourth-order valence-electron chi connectivity index (χ4n) is 4.37. The van der Waals surface area contributed by atoms with Gasteiger partial charge in [0.25, 0.3) is 5.91 Å². The average Bonchev–Trinajstić information content (AvgIpc) is 2.86. The minimum atomic E-state index is -0.788. The zero-order valence-corrected chi connectivity index (χ0v) is 20.1. The lowest BCUT2D eigenvalue weighted by Gasteiger charge is -2.30. The van der Waals surface area contributed by atoms with Crippen molar-refractivity contribution in [2.24, 2.45) is 11.5 Å². The number of carbonyl (C=O) groups is 1. The molecule has 2 aromatic rings. The van der Waals surface area contributed by atoms with Gasteiger partial charge in [0.2, 0.25) is 5.88 Å². The van der Waals surface area contributed by atoms with E-state index in [1.807, 2.05) is 13.0 Å². The van der Waals surface area contributed by atoms with Crippen molar-refractivity contribution in [3.63, 3.8) is 0 Å². The Labute approximate surface area is 204 Å². The summed E-state index contributed by atoms with van der Waals surface area (Å²) in [5.74, 6) is -0.747. The number of rotatable bonds is 9. The first-order chi connectivity index (χ1) is 17.0. The number of nitrogens with zero attached hydrogens (tertiary/aromatic N) is 3. The maximum absolute atomic E-state index is 14.8. The molecule has 2 fully saturated rings. The molecule has 1 saturated carbocycles. The number of primary amides is 1. The van der Waals surface area contributed by atoms with Crippen LogP contribution in [0.2, 0.25) is 0 Å². The van der Waals surface area contributed by atoms with Crippen LogP contribution in [-0.2, 0) is 4.74 Å². The summed E-state index contributed by atoms with van der Waals surface area (Å²) in [4.78, 5) is 23.1. The fourth-order valence-corrected chi connectivity index (χ4v) is 4.37. The first kappa shape index (κ1) is 24.9. The Morgan fingerprint density at radius 1 is 1.26 bits per heavy atom. The van der Waals surface area contributed by atoms with Gasteiger partial charge >= 0.3 is 0 Å². The lowest BCUT2D eigenvalue weighted by Crippen LogP contribution is -2.43. The van der Waals surface area contributed by atoms with Crippen molar-refractivity contribution in [1.82, 2.24) is 9.97 Å². The molecule has 2 atom stereocenters. The van der Waals surface area contributed by atoms with Gasteiger partial charge in [-0.05, 0) is 31.4 Å². The Bertz CT molecular complexity index is 1030. The molecule has 2 aromatic heterocycles. The predicted octanol–water partition coefficient (Wildman–Crippen LogP) is 2.77. The molecular formula is C24H34FN7O3. The molecule has 0 aromatic carbocycles. The lowest BCUT2D eigenvalue weighted by molar-refractivity contribution is 0.100. The molecule has 0 spiro atoms. The molecule has 2 aliphatic rings. The highest BCUT2D eigenvalue weighted by molar-refractivity contribution is 5.98. The highest BCUT2D eigenvalue weighted by Gasteiger charge is 2.25. The Hall–Kier alpha value is -3.18. The van der Waals surface area contributed by atoms with Crippen molar-refractivity contribution < 1.29 is 18.7 Å².